The highest BCUT2D eigenvalue weighted by atomic mass is 35.5. The third-order valence-electron chi connectivity index (χ3n) is 6.64. The summed E-state index contributed by atoms with van der Waals surface area (Å²) in [5.74, 6) is -0.0978. The lowest BCUT2D eigenvalue weighted by molar-refractivity contribution is -0.112. The van der Waals surface area contributed by atoms with Crippen LogP contribution in [-0.2, 0) is 14.4 Å². The van der Waals surface area contributed by atoms with Crippen LogP contribution in [0.1, 0.15) is 16.7 Å². The lowest BCUT2D eigenvalue weighted by atomic mass is 9.84. The second kappa shape index (κ2) is 12.8. The van der Waals surface area contributed by atoms with Crippen LogP contribution in [-0.4, -0.2) is 46.3 Å². The van der Waals surface area contributed by atoms with E-state index in [4.69, 9.17) is 16.4 Å². The summed E-state index contributed by atoms with van der Waals surface area (Å²) in [5, 5.41) is 8.72. The summed E-state index contributed by atoms with van der Waals surface area (Å²) < 4.78 is 0.960. The zero-order chi connectivity index (χ0) is 28.7. The van der Waals surface area contributed by atoms with Crippen molar-refractivity contribution >= 4 is 40.7 Å². The minimum Gasteiger partial charge on any atom is -0.399 e. The second-order valence-electron chi connectivity index (χ2n) is 9.11. The molecule has 2 heterocycles. The molecule has 7 nitrogen and oxygen atoms in total. The van der Waals surface area contributed by atoms with Gasteiger partial charge in [-0.3, -0.25) is 9.78 Å². The molecule has 0 radical (unpaired) electrons. The van der Waals surface area contributed by atoms with Crippen LogP contribution in [0.4, 0.5) is 5.69 Å². The molecule has 5 aromatic rings. The smallest absolute Gasteiger partial charge is 0.276 e. The number of thioether (sulfide) groups is 1. The first kappa shape index (κ1) is 28.1. The Kier molecular flexibility index (Phi) is 8.82. The van der Waals surface area contributed by atoms with Crippen LogP contribution in [0.15, 0.2) is 127 Å². The molecule has 5 rings (SSSR count). The lowest BCUT2D eigenvalue weighted by Gasteiger charge is -2.35. The van der Waals surface area contributed by atoms with Crippen molar-refractivity contribution in [1.29, 1.82) is 0 Å². The number of hydrogen-bond acceptors (Lipinski definition) is 6. The normalized spacial score (nSPS) is 11.7. The summed E-state index contributed by atoms with van der Waals surface area (Å²) in [4.78, 5) is 24.6. The Labute approximate surface area is 248 Å². The first-order chi connectivity index (χ1) is 20.0. The molecule has 0 spiro atoms. The van der Waals surface area contributed by atoms with E-state index in [0.717, 1.165) is 22.4 Å². The quantitative estimate of drug-likeness (QED) is 0.105. The van der Waals surface area contributed by atoms with Gasteiger partial charge in [-0.15, -0.1) is 11.8 Å². The van der Waals surface area contributed by atoms with Gasteiger partial charge in [0.1, 0.15) is 12.8 Å². The summed E-state index contributed by atoms with van der Waals surface area (Å²) in [5.41, 5.74) is 4.65. The number of rotatable bonds is 10. The summed E-state index contributed by atoms with van der Waals surface area (Å²) in [7, 11) is 3.08. The molecule has 3 aromatic carbocycles. The minimum atomic E-state index is -0.625. The molecule has 0 bridgehead atoms. The Morgan fingerprint density at radius 3 is 1.98 bits per heavy atom. The largest absolute Gasteiger partial charge is 0.399 e. The third kappa shape index (κ3) is 5.89. The van der Waals surface area contributed by atoms with E-state index in [0.29, 0.717) is 5.69 Å². The molecule has 206 valence electrons. The summed E-state index contributed by atoms with van der Waals surface area (Å²) in [6.07, 6.45) is 5.04. The van der Waals surface area contributed by atoms with Crippen molar-refractivity contribution in [1.82, 2.24) is 14.8 Å². The van der Waals surface area contributed by atoms with E-state index >= 15 is 0 Å². The fourth-order valence-electron chi connectivity index (χ4n) is 4.68. The number of pyridine rings is 1. The zero-order valence-corrected chi connectivity index (χ0v) is 24.2. The molecule has 41 heavy (non-hydrogen) atoms. The molecule has 0 saturated carbocycles. The zero-order valence-electron chi connectivity index (χ0n) is 22.6. The van der Waals surface area contributed by atoms with Gasteiger partial charge in [0.05, 0.1) is 22.8 Å². The molecule has 0 saturated heterocycles. The van der Waals surface area contributed by atoms with Crippen molar-refractivity contribution in [3.8, 4) is 5.69 Å². The predicted octanol–water partition coefficient (Wildman–Crippen LogP) is 6.61. The number of anilines is 1. The third-order valence-corrected chi connectivity index (χ3v) is 8.47. The Morgan fingerprint density at radius 2 is 1.49 bits per heavy atom. The Morgan fingerprint density at radius 1 is 0.927 bits per heavy atom. The summed E-state index contributed by atoms with van der Waals surface area (Å²) >= 11 is 8.09. The molecule has 0 aliphatic rings. The van der Waals surface area contributed by atoms with Gasteiger partial charge in [-0.1, -0.05) is 108 Å². The molecule has 0 aliphatic carbocycles. The van der Waals surface area contributed by atoms with Crippen LogP contribution in [0.5, 0.6) is 0 Å². The molecule has 0 aliphatic heterocycles. The lowest BCUT2D eigenvalue weighted by Crippen LogP contribution is -2.36. The molecular weight excluding hydrogens is 554 g/mol. The number of halogens is 1. The number of aromatic nitrogens is 3. The first-order valence-corrected chi connectivity index (χ1v) is 14.2. The van der Waals surface area contributed by atoms with Gasteiger partial charge < -0.3 is 9.74 Å². The van der Waals surface area contributed by atoms with Gasteiger partial charge >= 0.3 is 0 Å². The van der Waals surface area contributed by atoms with Gasteiger partial charge in [0, 0.05) is 19.0 Å². The molecule has 1 amide bonds. The van der Waals surface area contributed by atoms with E-state index in [9.17, 15) is 4.79 Å². The van der Waals surface area contributed by atoms with Gasteiger partial charge in [-0.05, 0) is 28.8 Å². The maximum Gasteiger partial charge on any atom is 0.276 e. The van der Waals surface area contributed by atoms with Crippen molar-refractivity contribution in [2.24, 2.45) is 5.16 Å². The summed E-state index contributed by atoms with van der Waals surface area (Å²) in [6, 6.07) is 34.5. The fraction of sp³-hybridized carbons (Fsp3) is 0.125. The minimum absolute atomic E-state index is 0.182. The fourth-order valence-corrected chi connectivity index (χ4v) is 6.37. The van der Waals surface area contributed by atoms with Crippen molar-refractivity contribution in [2.75, 3.05) is 24.8 Å². The average Bonchev–Trinajstić information content (AvgIpc) is 3.43. The molecule has 9 heteroatoms. The van der Waals surface area contributed by atoms with Crippen LogP contribution < -0.4 is 4.90 Å². The van der Waals surface area contributed by atoms with Crippen LogP contribution in [0.25, 0.3) is 5.69 Å². The van der Waals surface area contributed by atoms with Crippen LogP contribution in [0.2, 0.25) is 5.15 Å². The highest BCUT2D eigenvalue weighted by Gasteiger charge is 2.38. The maximum absolute atomic E-state index is 13.9. The topological polar surface area (TPSA) is 72.6 Å². The molecule has 2 aromatic heterocycles. The number of nitrogens with zero attached hydrogens (tertiary/aromatic N) is 5. The standard InChI is InChI=1S/C32H28ClN5O2S/c1-37(29-22-38(35-30(29)33)27-19-12-20-34-21-27)31(39)28(36-40-2)23-41-32(24-13-6-3-7-14-24,25-15-8-4-9-16-25)26-17-10-5-11-18-26/h3-22H,23H2,1-2H3. The Hall–Kier alpha value is -4.40. The maximum atomic E-state index is 13.9. The van der Waals surface area contributed by atoms with E-state index in [1.54, 1.807) is 48.1 Å². The first-order valence-electron chi connectivity index (χ1n) is 12.9. The number of hydrogen-bond donors (Lipinski definition) is 0. The molecule has 0 atom stereocenters. The Bertz CT molecular complexity index is 1520. The van der Waals surface area contributed by atoms with E-state index in [-0.39, 0.29) is 22.5 Å². The van der Waals surface area contributed by atoms with Crippen molar-refractivity contribution in [3.05, 3.63) is 144 Å². The van der Waals surface area contributed by atoms with E-state index in [1.807, 2.05) is 60.7 Å². The second-order valence-corrected chi connectivity index (χ2v) is 10.7. The predicted molar refractivity (Wildman–Crippen MR) is 166 cm³/mol. The monoisotopic (exact) mass is 581 g/mol. The van der Waals surface area contributed by atoms with Crippen LogP contribution in [0.3, 0.4) is 0 Å². The van der Waals surface area contributed by atoms with Gasteiger partial charge in [0.25, 0.3) is 5.91 Å². The van der Waals surface area contributed by atoms with Gasteiger partial charge in [0.15, 0.2) is 10.9 Å². The summed E-state index contributed by atoms with van der Waals surface area (Å²) in [6.45, 7) is 0. The van der Waals surface area contributed by atoms with Gasteiger partial charge in [-0.2, -0.15) is 5.10 Å². The average molecular weight is 582 g/mol. The Balaban J connectivity index is 1.51. The number of amides is 1. The highest BCUT2D eigenvalue weighted by Crippen LogP contribution is 2.48. The molecule has 0 N–H and O–H groups in total. The van der Waals surface area contributed by atoms with Crippen molar-refractivity contribution in [2.45, 2.75) is 4.75 Å². The molecule has 0 fully saturated rings. The van der Waals surface area contributed by atoms with E-state index in [2.05, 4.69) is 51.6 Å². The highest BCUT2D eigenvalue weighted by molar-refractivity contribution is 8.01. The number of carbonyl (C=O) groups excluding carboxylic acids is 1. The molecule has 0 unspecified atom stereocenters. The number of oxime groups is 1. The number of benzene rings is 3. The van der Waals surface area contributed by atoms with E-state index in [1.165, 1.54) is 12.0 Å². The van der Waals surface area contributed by atoms with Crippen LogP contribution in [0, 0.1) is 0 Å². The SMILES string of the molecule is CON=C(CSC(c1ccccc1)(c1ccccc1)c1ccccc1)C(=O)N(C)c1cn(-c2cccnc2)nc1Cl. The van der Waals surface area contributed by atoms with E-state index < -0.39 is 4.75 Å². The van der Waals surface area contributed by atoms with Gasteiger partial charge in [0.2, 0.25) is 0 Å². The van der Waals surface area contributed by atoms with Gasteiger partial charge in [-0.25, -0.2) is 4.68 Å². The van der Waals surface area contributed by atoms with Crippen molar-refractivity contribution in [3.63, 3.8) is 0 Å². The van der Waals surface area contributed by atoms with Crippen LogP contribution >= 0.6 is 23.4 Å². The number of carbonyl (C=O) groups is 1. The van der Waals surface area contributed by atoms with Crippen molar-refractivity contribution < 1.29 is 9.63 Å². The molecular formula is C32H28ClN5O2S.